The molecule has 1 atom stereocenters. The molecule has 1 aliphatic heterocycles. The third kappa shape index (κ3) is 3.60. The van der Waals surface area contributed by atoms with Gasteiger partial charge in [-0.2, -0.15) is 0 Å². The van der Waals surface area contributed by atoms with Gasteiger partial charge in [-0.25, -0.2) is 4.79 Å². The predicted octanol–water partition coefficient (Wildman–Crippen LogP) is 4.15. The van der Waals surface area contributed by atoms with Crippen molar-refractivity contribution in [1.82, 2.24) is 0 Å². The van der Waals surface area contributed by atoms with Crippen molar-refractivity contribution in [3.63, 3.8) is 0 Å². The minimum absolute atomic E-state index is 0.106. The Balaban J connectivity index is 1.82. The molecule has 1 heterocycles. The van der Waals surface area contributed by atoms with Crippen molar-refractivity contribution in [2.75, 3.05) is 19.5 Å². The summed E-state index contributed by atoms with van der Waals surface area (Å²) in [5.41, 5.74) is -2.42. The van der Waals surface area contributed by atoms with E-state index in [9.17, 15) is 13.6 Å². The first-order valence-electron chi connectivity index (χ1n) is 7.40. The summed E-state index contributed by atoms with van der Waals surface area (Å²) in [5, 5.41) is 2.99. The van der Waals surface area contributed by atoms with Crippen LogP contribution in [0, 0.1) is 0 Å². The van der Waals surface area contributed by atoms with Crippen molar-refractivity contribution in [3.8, 4) is 17.2 Å². The Bertz CT molecular complexity index is 823. The molecule has 138 valence electrons. The second-order valence-electron chi connectivity index (χ2n) is 5.27. The third-order valence-electron chi connectivity index (χ3n) is 3.67. The number of carbonyl (C=O) groups excluding carboxylic acids is 1. The van der Waals surface area contributed by atoms with Crippen LogP contribution in [0.25, 0.3) is 0 Å². The standard InChI is InChI=1S/C17H14ClF2NO5/c1-23-12-8-7-11-13(14(12)24-2)16(22)25-15(11)21-9-3-5-10(6-4-9)26-17(18,19)20/h3-8,15,21H,1-2H3/t15-/m0/s1. The van der Waals surface area contributed by atoms with Gasteiger partial charge in [0.05, 0.1) is 14.2 Å². The Morgan fingerprint density at radius 1 is 1.12 bits per heavy atom. The van der Waals surface area contributed by atoms with Crippen LogP contribution in [0.5, 0.6) is 17.2 Å². The summed E-state index contributed by atoms with van der Waals surface area (Å²) in [4.78, 5) is 12.2. The maximum Gasteiger partial charge on any atom is 0.487 e. The molecule has 0 amide bonds. The Morgan fingerprint density at radius 2 is 1.81 bits per heavy atom. The molecule has 0 saturated heterocycles. The van der Waals surface area contributed by atoms with Crippen LogP contribution in [0.1, 0.15) is 22.1 Å². The number of halogens is 3. The molecule has 0 bridgehead atoms. The predicted molar refractivity (Wildman–Crippen MR) is 89.2 cm³/mol. The van der Waals surface area contributed by atoms with Crippen LogP contribution in [0.2, 0.25) is 0 Å². The lowest BCUT2D eigenvalue weighted by Crippen LogP contribution is -2.15. The summed E-state index contributed by atoms with van der Waals surface area (Å²) >= 11 is 4.72. The van der Waals surface area contributed by atoms with E-state index in [1.807, 2.05) is 0 Å². The fourth-order valence-electron chi connectivity index (χ4n) is 2.61. The Kier molecular flexibility index (Phi) is 4.78. The molecule has 2 aromatic rings. The van der Waals surface area contributed by atoms with Gasteiger partial charge in [0, 0.05) is 22.9 Å². The van der Waals surface area contributed by atoms with Gasteiger partial charge in [-0.15, -0.1) is 8.78 Å². The van der Waals surface area contributed by atoms with Gasteiger partial charge in [-0.3, -0.25) is 0 Å². The molecule has 0 saturated carbocycles. The summed E-state index contributed by atoms with van der Waals surface area (Å²) in [7, 11) is 2.89. The van der Waals surface area contributed by atoms with Gasteiger partial charge in [0.2, 0.25) is 6.23 Å². The van der Waals surface area contributed by atoms with Crippen LogP contribution in [0.3, 0.4) is 0 Å². The Hall–Kier alpha value is -2.74. The van der Waals surface area contributed by atoms with Gasteiger partial charge >= 0.3 is 11.5 Å². The lowest BCUT2D eigenvalue weighted by atomic mass is 10.1. The molecule has 0 aliphatic carbocycles. The molecular formula is C17H14ClF2NO5. The van der Waals surface area contributed by atoms with Crippen LogP contribution in [0.15, 0.2) is 36.4 Å². The number of benzene rings is 2. The largest absolute Gasteiger partial charge is 0.493 e. The number of methoxy groups -OCH3 is 2. The summed E-state index contributed by atoms with van der Waals surface area (Å²) in [6.45, 7) is 0. The van der Waals surface area contributed by atoms with Crippen molar-refractivity contribution in [2.24, 2.45) is 0 Å². The number of fused-ring (bicyclic) bond motifs is 1. The van der Waals surface area contributed by atoms with Crippen molar-refractivity contribution in [3.05, 3.63) is 47.5 Å². The molecule has 0 fully saturated rings. The van der Waals surface area contributed by atoms with Crippen molar-refractivity contribution < 1.29 is 32.5 Å². The Labute approximate surface area is 152 Å². The quantitative estimate of drug-likeness (QED) is 0.595. The zero-order valence-corrected chi connectivity index (χ0v) is 14.5. The van der Waals surface area contributed by atoms with Gasteiger partial charge in [-0.05, 0) is 36.4 Å². The van der Waals surface area contributed by atoms with E-state index in [-0.39, 0.29) is 17.1 Å². The first kappa shape index (κ1) is 18.1. The monoisotopic (exact) mass is 385 g/mol. The topological polar surface area (TPSA) is 66.0 Å². The summed E-state index contributed by atoms with van der Waals surface area (Å²) in [6.07, 6.45) is -0.765. The van der Waals surface area contributed by atoms with E-state index in [2.05, 4.69) is 10.1 Å². The van der Waals surface area contributed by atoms with E-state index >= 15 is 0 Å². The fourth-order valence-corrected chi connectivity index (χ4v) is 2.70. The normalized spacial score (nSPS) is 15.9. The molecular weight excluding hydrogens is 372 g/mol. The highest BCUT2D eigenvalue weighted by Crippen LogP contribution is 2.42. The minimum atomic E-state index is -3.79. The van der Waals surface area contributed by atoms with Crippen molar-refractivity contribution >= 4 is 23.3 Å². The van der Waals surface area contributed by atoms with Gasteiger partial charge < -0.3 is 24.3 Å². The number of alkyl halides is 3. The molecule has 0 aromatic heterocycles. The van der Waals surface area contributed by atoms with Gasteiger partial charge in [-0.1, -0.05) is 0 Å². The number of cyclic esters (lactones) is 1. The fraction of sp³-hybridized carbons (Fsp3) is 0.235. The van der Waals surface area contributed by atoms with E-state index < -0.39 is 17.8 Å². The molecule has 1 aliphatic rings. The smallest absolute Gasteiger partial charge is 0.487 e. The average molecular weight is 386 g/mol. The van der Waals surface area contributed by atoms with Gasteiger partial charge in [0.25, 0.3) is 0 Å². The van der Waals surface area contributed by atoms with Crippen molar-refractivity contribution in [1.29, 1.82) is 0 Å². The molecule has 3 rings (SSSR count). The second kappa shape index (κ2) is 6.87. The molecule has 0 spiro atoms. The van der Waals surface area contributed by atoms with E-state index in [0.717, 1.165) is 0 Å². The highest BCUT2D eigenvalue weighted by molar-refractivity contribution is 6.20. The lowest BCUT2D eigenvalue weighted by Gasteiger charge is -2.16. The number of hydrogen-bond acceptors (Lipinski definition) is 6. The first-order chi connectivity index (χ1) is 12.3. The molecule has 9 heteroatoms. The average Bonchev–Trinajstić information content (AvgIpc) is 2.90. The molecule has 6 nitrogen and oxygen atoms in total. The van der Waals surface area contributed by atoms with Crippen LogP contribution in [0.4, 0.5) is 14.5 Å². The number of rotatable bonds is 6. The maximum absolute atomic E-state index is 12.6. The molecule has 2 aromatic carbocycles. The van der Waals surface area contributed by atoms with Gasteiger partial charge in [0.15, 0.2) is 11.5 Å². The third-order valence-corrected chi connectivity index (χ3v) is 3.75. The Morgan fingerprint density at radius 3 is 2.38 bits per heavy atom. The molecule has 0 radical (unpaired) electrons. The summed E-state index contributed by atoms with van der Waals surface area (Å²) in [5.74, 6) is 0.0282. The van der Waals surface area contributed by atoms with E-state index in [4.69, 9.17) is 25.8 Å². The molecule has 26 heavy (non-hydrogen) atoms. The number of carbonyl (C=O) groups is 1. The number of ether oxygens (including phenoxy) is 4. The number of esters is 1. The number of nitrogens with one attached hydrogen (secondary N) is 1. The lowest BCUT2D eigenvalue weighted by molar-refractivity contribution is -0.0964. The zero-order valence-electron chi connectivity index (χ0n) is 13.7. The van der Waals surface area contributed by atoms with Crippen LogP contribution >= 0.6 is 11.6 Å². The SMILES string of the molecule is COc1ccc2c(c1OC)C(=O)O[C@@H]2Nc1ccc(OC(F)(F)Cl)cc1. The number of anilines is 1. The maximum atomic E-state index is 12.6. The number of hydrogen-bond donors (Lipinski definition) is 1. The molecule has 1 N–H and O–H groups in total. The van der Waals surface area contributed by atoms with Crippen molar-refractivity contribution in [2.45, 2.75) is 11.8 Å². The highest BCUT2D eigenvalue weighted by Gasteiger charge is 2.36. The summed E-state index contributed by atoms with van der Waals surface area (Å²) in [6, 6.07) is 8.95. The molecule has 0 unspecified atom stereocenters. The van der Waals surface area contributed by atoms with Crippen LogP contribution in [-0.2, 0) is 4.74 Å². The van der Waals surface area contributed by atoms with Crippen LogP contribution in [-0.4, -0.2) is 25.8 Å². The van der Waals surface area contributed by atoms with E-state index in [1.54, 1.807) is 12.1 Å². The first-order valence-corrected chi connectivity index (χ1v) is 7.78. The van der Waals surface area contributed by atoms with E-state index in [0.29, 0.717) is 17.0 Å². The van der Waals surface area contributed by atoms with Crippen LogP contribution < -0.4 is 19.5 Å². The summed E-state index contributed by atoms with van der Waals surface area (Å²) < 4.78 is 45.3. The second-order valence-corrected chi connectivity index (χ2v) is 5.71. The van der Waals surface area contributed by atoms with E-state index in [1.165, 1.54) is 38.5 Å². The minimum Gasteiger partial charge on any atom is -0.493 e. The highest BCUT2D eigenvalue weighted by atomic mass is 35.5. The zero-order chi connectivity index (χ0) is 18.9. The van der Waals surface area contributed by atoms with Gasteiger partial charge in [0.1, 0.15) is 11.3 Å².